The highest BCUT2D eigenvalue weighted by Crippen LogP contribution is 2.21. The predicted octanol–water partition coefficient (Wildman–Crippen LogP) is 0.570. The lowest BCUT2D eigenvalue weighted by atomic mass is 9.90. The zero-order valence-electron chi connectivity index (χ0n) is 8.58. The van der Waals surface area contributed by atoms with Crippen molar-refractivity contribution < 1.29 is 5.11 Å². The van der Waals surface area contributed by atoms with Crippen molar-refractivity contribution in [3.8, 4) is 0 Å². The van der Waals surface area contributed by atoms with Crippen molar-refractivity contribution in [2.75, 3.05) is 19.7 Å². The van der Waals surface area contributed by atoms with Crippen LogP contribution in [-0.2, 0) is 0 Å². The molecule has 13 heavy (non-hydrogen) atoms. The van der Waals surface area contributed by atoms with E-state index in [0.717, 1.165) is 19.5 Å². The summed E-state index contributed by atoms with van der Waals surface area (Å²) in [5, 5.41) is 8.90. The number of aliphatic hydroxyl groups excluding tert-OH is 1. The summed E-state index contributed by atoms with van der Waals surface area (Å²) in [4.78, 5) is 2.31. The third kappa shape index (κ3) is 2.93. The summed E-state index contributed by atoms with van der Waals surface area (Å²) in [6.07, 6.45) is 4.91. The molecule has 3 N–H and O–H groups in total. The van der Waals surface area contributed by atoms with Crippen LogP contribution < -0.4 is 5.73 Å². The molecule has 0 aromatic rings. The fourth-order valence-electron chi connectivity index (χ4n) is 2.28. The smallest absolute Gasteiger partial charge is 0.0558 e. The first-order valence-electron chi connectivity index (χ1n) is 5.40. The van der Waals surface area contributed by atoms with Gasteiger partial charge in [0, 0.05) is 18.6 Å². The Bertz CT molecular complexity index is 141. The van der Waals surface area contributed by atoms with Crippen LogP contribution >= 0.6 is 0 Å². The van der Waals surface area contributed by atoms with Gasteiger partial charge in [-0.2, -0.15) is 0 Å². The van der Waals surface area contributed by atoms with Gasteiger partial charge in [-0.3, -0.25) is 4.90 Å². The van der Waals surface area contributed by atoms with Gasteiger partial charge >= 0.3 is 0 Å². The number of nitrogens with zero attached hydrogens (tertiary/aromatic N) is 1. The highest BCUT2D eigenvalue weighted by molar-refractivity contribution is 4.85. The van der Waals surface area contributed by atoms with Gasteiger partial charge in [-0.1, -0.05) is 19.8 Å². The lowest BCUT2D eigenvalue weighted by Gasteiger charge is -2.37. The van der Waals surface area contributed by atoms with Crippen molar-refractivity contribution >= 4 is 0 Å². The topological polar surface area (TPSA) is 49.5 Å². The summed E-state index contributed by atoms with van der Waals surface area (Å²) in [6.45, 7) is 4.15. The van der Waals surface area contributed by atoms with E-state index in [1.165, 1.54) is 19.3 Å². The van der Waals surface area contributed by atoms with Crippen molar-refractivity contribution in [1.29, 1.82) is 0 Å². The highest BCUT2D eigenvalue weighted by Gasteiger charge is 2.25. The minimum absolute atomic E-state index is 0.247. The van der Waals surface area contributed by atoms with Crippen molar-refractivity contribution in [2.45, 2.75) is 44.7 Å². The third-order valence-corrected chi connectivity index (χ3v) is 3.04. The van der Waals surface area contributed by atoms with Gasteiger partial charge in [-0.25, -0.2) is 0 Å². The minimum atomic E-state index is 0.247. The molecule has 2 atom stereocenters. The number of nitrogens with two attached hydrogens (primary N) is 1. The van der Waals surface area contributed by atoms with Crippen molar-refractivity contribution in [3.63, 3.8) is 0 Å². The van der Waals surface area contributed by atoms with Crippen molar-refractivity contribution in [1.82, 2.24) is 4.90 Å². The van der Waals surface area contributed by atoms with E-state index in [-0.39, 0.29) is 6.61 Å². The van der Waals surface area contributed by atoms with Crippen LogP contribution in [0.15, 0.2) is 0 Å². The van der Waals surface area contributed by atoms with Gasteiger partial charge in [0.1, 0.15) is 0 Å². The molecule has 1 fully saturated rings. The second-order valence-corrected chi connectivity index (χ2v) is 3.87. The SMILES string of the molecule is CCN(CCO)C1CCCCC1N. The Morgan fingerprint density at radius 3 is 2.62 bits per heavy atom. The number of likely N-dealkylation sites (N-methyl/N-ethyl adjacent to an activating group) is 1. The quantitative estimate of drug-likeness (QED) is 0.675. The molecule has 1 saturated carbocycles. The maximum Gasteiger partial charge on any atom is 0.0558 e. The molecule has 2 unspecified atom stereocenters. The molecule has 0 heterocycles. The second kappa shape index (κ2) is 5.58. The summed E-state index contributed by atoms with van der Waals surface area (Å²) >= 11 is 0. The fraction of sp³-hybridized carbons (Fsp3) is 1.00. The monoisotopic (exact) mass is 186 g/mol. The summed E-state index contributed by atoms with van der Waals surface area (Å²) in [7, 11) is 0. The van der Waals surface area contributed by atoms with Crippen LogP contribution in [0.5, 0.6) is 0 Å². The van der Waals surface area contributed by atoms with E-state index in [1.807, 2.05) is 0 Å². The molecule has 0 aromatic heterocycles. The Morgan fingerprint density at radius 2 is 2.08 bits per heavy atom. The average Bonchev–Trinajstić information content (AvgIpc) is 2.16. The lowest BCUT2D eigenvalue weighted by molar-refractivity contribution is 0.116. The maximum absolute atomic E-state index is 8.90. The Labute approximate surface area is 80.9 Å². The van der Waals surface area contributed by atoms with Gasteiger partial charge in [0.2, 0.25) is 0 Å². The zero-order chi connectivity index (χ0) is 9.68. The highest BCUT2D eigenvalue weighted by atomic mass is 16.3. The van der Waals surface area contributed by atoms with Crippen LogP contribution in [0.2, 0.25) is 0 Å². The summed E-state index contributed by atoms with van der Waals surface area (Å²) in [6, 6.07) is 0.825. The van der Waals surface area contributed by atoms with E-state index < -0.39 is 0 Å². The predicted molar refractivity (Wildman–Crippen MR) is 54.6 cm³/mol. The van der Waals surface area contributed by atoms with Crippen LogP contribution in [0.3, 0.4) is 0 Å². The van der Waals surface area contributed by atoms with E-state index in [1.54, 1.807) is 0 Å². The van der Waals surface area contributed by atoms with E-state index >= 15 is 0 Å². The zero-order valence-corrected chi connectivity index (χ0v) is 8.58. The van der Waals surface area contributed by atoms with E-state index in [9.17, 15) is 0 Å². The second-order valence-electron chi connectivity index (χ2n) is 3.87. The molecular formula is C10H22N2O. The van der Waals surface area contributed by atoms with Gasteiger partial charge in [-0.15, -0.1) is 0 Å². The number of rotatable bonds is 4. The molecule has 0 amide bonds. The first-order chi connectivity index (χ1) is 6.29. The van der Waals surface area contributed by atoms with Gasteiger partial charge in [-0.05, 0) is 19.4 Å². The molecule has 0 spiro atoms. The summed E-state index contributed by atoms with van der Waals surface area (Å²) in [5.41, 5.74) is 6.06. The Balaban J connectivity index is 2.44. The molecule has 3 nitrogen and oxygen atoms in total. The molecule has 0 aromatic carbocycles. The third-order valence-electron chi connectivity index (χ3n) is 3.04. The Hall–Kier alpha value is -0.120. The van der Waals surface area contributed by atoms with Crippen LogP contribution in [0.1, 0.15) is 32.6 Å². The van der Waals surface area contributed by atoms with Gasteiger partial charge in [0.25, 0.3) is 0 Å². The molecule has 3 heteroatoms. The van der Waals surface area contributed by atoms with E-state index in [4.69, 9.17) is 10.8 Å². The molecule has 0 bridgehead atoms. The van der Waals surface area contributed by atoms with Gasteiger partial charge in [0.05, 0.1) is 6.61 Å². The van der Waals surface area contributed by atoms with Gasteiger partial charge in [0.15, 0.2) is 0 Å². The largest absolute Gasteiger partial charge is 0.395 e. The van der Waals surface area contributed by atoms with Gasteiger partial charge < -0.3 is 10.8 Å². The minimum Gasteiger partial charge on any atom is -0.395 e. The molecule has 1 aliphatic carbocycles. The normalized spacial score (nSPS) is 29.5. The van der Waals surface area contributed by atoms with Crippen molar-refractivity contribution in [2.24, 2.45) is 5.73 Å². The number of hydrogen-bond acceptors (Lipinski definition) is 3. The molecule has 0 saturated heterocycles. The maximum atomic E-state index is 8.90. The lowest BCUT2D eigenvalue weighted by Crippen LogP contribution is -2.50. The number of hydrogen-bond donors (Lipinski definition) is 2. The average molecular weight is 186 g/mol. The van der Waals surface area contributed by atoms with Crippen LogP contribution in [-0.4, -0.2) is 41.8 Å². The van der Waals surface area contributed by atoms with Crippen molar-refractivity contribution in [3.05, 3.63) is 0 Å². The molecule has 1 aliphatic rings. The van der Waals surface area contributed by atoms with Crippen LogP contribution in [0.4, 0.5) is 0 Å². The Morgan fingerprint density at radius 1 is 1.38 bits per heavy atom. The number of aliphatic hydroxyl groups is 1. The van der Waals surface area contributed by atoms with Crippen LogP contribution in [0.25, 0.3) is 0 Å². The van der Waals surface area contributed by atoms with Crippen LogP contribution in [0, 0.1) is 0 Å². The van der Waals surface area contributed by atoms with E-state index in [0.29, 0.717) is 12.1 Å². The molecule has 1 rings (SSSR count). The fourth-order valence-corrected chi connectivity index (χ4v) is 2.28. The van der Waals surface area contributed by atoms with E-state index in [2.05, 4.69) is 11.8 Å². The molecular weight excluding hydrogens is 164 g/mol. The summed E-state index contributed by atoms with van der Waals surface area (Å²) in [5.74, 6) is 0. The first kappa shape index (κ1) is 11.0. The summed E-state index contributed by atoms with van der Waals surface area (Å²) < 4.78 is 0. The Kier molecular flexibility index (Phi) is 4.70. The standard InChI is InChI=1S/C10H22N2O/c1-2-12(7-8-13)10-6-4-3-5-9(10)11/h9-10,13H,2-8,11H2,1H3. The first-order valence-corrected chi connectivity index (χ1v) is 5.40. The molecule has 0 aliphatic heterocycles. The molecule has 0 radical (unpaired) electrons. The molecule has 78 valence electrons.